The molecule has 1 atom stereocenters. The number of nitrogens with one attached hydrogen (secondary N) is 1. The van der Waals surface area contributed by atoms with E-state index in [4.69, 9.17) is 15.6 Å². The SMILES string of the molecule is CC(C)(C)OC[C@H](NC(N)=O)C(=O)O. The van der Waals surface area contributed by atoms with Crippen molar-refractivity contribution in [3.63, 3.8) is 0 Å². The number of carbonyl (C=O) groups excluding carboxylic acids is 1. The number of carboxylic acid groups (broad SMARTS) is 1. The third-order valence-electron chi connectivity index (χ3n) is 1.30. The highest BCUT2D eigenvalue weighted by molar-refractivity contribution is 5.81. The fourth-order valence-electron chi connectivity index (χ4n) is 0.680. The van der Waals surface area contributed by atoms with Crippen LogP contribution in [-0.4, -0.2) is 35.4 Å². The molecule has 0 bridgehead atoms. The molecule has 0 saturated carbocycles. The minimum atomic E-state index is -1.17. The first kappa shape index (κ1) is 12.7. The summed E-state index contributed by atoms with van der Waals surface area (Å²) in [4.78, 5) is 21.0. The Kier molecular flexibility index (Phi) is 4.36. The summed E-state index contributed by atoms with van der Waals surface area (Å²) in [7, 11) is 0. The molecular formula is C8H16N2O4. The minimum absolute atomic E-state index is 0.109. The second-order valence-corrected chi connectivity index (χ2v) is 3.82. The molecule has 0 aromatic rings. The minimum Gasteiger partial charge on any atom is -0.480 e. The number of urea groups is 1. The lowest BCUT2D eigenvalue weighted by atomic mass is 10.2. The van der Waals surface area contributed by atoms with E-state index in [0.717, 1.165) is 0 Å². The van der Waals surface area contributed by atoms with Gasteiger partial charge in [0.05, 0.1) is 12.2 Å². The van der Waals surface area contributed by atoms with Gasteiger partial charge in [-0.2, -0.15) is 0 Å². The van der Waals surface area contributed by atoms with E-state index >= 15 is 0 Å². The number of carbonyl (C=O) groups is 2. The maximum absolute atomic E-state index is 10.6. The van der Waals surface area contributed by atoms with Crippen LogP contribution in [0.5, 0.6) is 0 Å². The van der Waals surface area contributed by atoms with Crippen molar-refractivity contribution in [1.82, 2.24) is 5.32 Å². The van der Waals surface area contributed by atoms with Crippen LogP contribution in [-0.2, 0) is 9.53 Å². The average Bonchev–Trinajstić information content (AvgIpc) is 1.94. The van der Waals surface area contributed by atoms with Gasteiger partial charge in [-0.15, -0.1) is 0 Å². The zero-order chi connectivity index (χ0) is 11.4. The smallest absolute Gasteiger partial charge is 0.328 e. The first-order valence-corrected chi connectivity index (χ1v) is 4.15. The number of carboxylic acids is 1. The number of rotatable bonds is 4. The number of hydrogen-bond donors (Lipinski definition) is 3. The Balaban J connectivity index is 4.11. The van der Waals surface area contributed by atoms with Crippen LogP contribution >= 0.6 is 0 Å². The van der Waals surface area contributed by atoms with E-state index < -0.39 is 23.6 Å². The van der Waals surface area contributed by atoms with Gasteiger partial charge in [0.25, 0.3) is 0 Å². The summed E-state index contributed by atoms with van der Waals surface area (Å²) in [5, 5.41) is 10.7. The third kappa shape index (κ3) is 6.24. The second-order valence-electron chi connectivity index (χ2n) is 3.82. The molecule has 0 aliphatic heterocycles. The first-order chi connectivity index (χ1) is 6.22. The molecular weight excluding hydrogens is 188 g/mol. The van der Waals surface area contributed by atoms with Gasteiger partial charge in [-0.3, -0.25) is 0 Å². The van der Waals surface area contributed by atoms with E-state index in [2.05, 4.69) is 5.32 Å². The Morgan fingerprint density at radius 1 is 1.50 bits per heavy atom. The molecule has 0 fully saturated rings. The van der Waals surface area contributed by atoms with Gasteiger partial charge >= 0.3 is 12.0 Å². The van der Waals surface area contributed by atoms with Gasteiger partial charge in [-0.05, 0) is 20.8 Å². The molecule has 0 rings (SSSR count). The fraction of sp³-hybridized carbons (Fsp3) is 0.750. The van der Waals surface area contributed by atoms with Crippen molar-refractivity contribution < 1.29 is 19.4 Å². The molecule has 0 aliphatic rings. The first-order valence-electron chi connectivity index (χ1n) is 4.15. The van der Waals surface area contributed by atoms with Crippen LogP contribution in [0.3, 0.4) is 0 Å². The second kappa shape index (κ2) is 4.80. The molecule has 0 aliphatic carbocycles. The van der Waals surface area contributed by atoms with Gasteiger partial charge in [-0.1, -0.05) is 0 Å². The van der Waals surface area contributed by atoms with E-state index in [9.17, 15) is 9.59 Å². The zero-order valence-corrected chi connectivity index (χ0v) is 8.53. The van der Waals surface area contributed by atoms with Crippen molar-refractivity contribution in [2.75, 3.05) is 6.61 Å². The van der Waals surface area contributed by atoms with Gasteiger partial charge in [0, 0.05) is 0 Å². The highest BCUT2D eigenvalue weighted by Crippen LogP contribution is 2.06. The number of amides is 2. The molecule has 4 N–H and O–H groups in total. The number of nitrogens with two attached hydrogens (primary N) is 1. The van der Waals surface area contributed by atoms with Crippen LogP contribution in [0.1, 0.15) is 20.8 Å². The molecule has 0 unspecified atom stereocenters. The molecule has 0 radical (unpaired) electrons. The average molecular weight is 204 g/mol. The highest BCUT2D eigenvalue weighted by atomic mass is 16.5. The molecule has 0 spiro atoms. The van der Waals surface area contributed by atoms with E-state index in [0.29, 0.717) is 0 Å². The van der Waals surface area contributed by atoms with Gasteiger partial charge < -0.3 is 20.9 Å². The Labute approximate surface area is 82.4 Å². The van der Waals surface area contributed by atoms with E-state index in [-0.39, 0.29) is 6.61 Å². The largest absolute Gasteiger partial charge is 0.480 e. The lowest BCUT2D eigenvalue weighted by molar-refractivity contribution is -0.142. The monoisotopic (exact) mass is 204 g/mol. The van der Waals surface area contributed by atoms with Gasteiger partial charge in [0.2, 0.25) is 0 Å². The number of ether oxygens (including phenoxy) is 1. The predicted molar refractivity (Wildman–Crippen MR) is 49.8 cm³/mol. The van der Waals surface area contributed by atoms with Crippen LogP contribution < -0.4 is 11.1 Å². The summed E-state index contributed by atoms with van der Waals surface area (Å²) in [6.07, 6.45) is 0. The van der Waals surface area contributed by atoms with Crippen LogP contribution in [0.15, 0.2) is 0 Å². The molecule has 14 heavy (non-hydrogen) atoms. The lowest BCUT2D eigenvalue weighted by Gasteiger charge is -2.22. The van der Waals surface area contributed by atoms with Gasteiger partial charge in [0.15, 0.2) is 6.04 Å². The summed E-state index contributed by atoms with van der Waals surface area (Å²) in [6, 6.07) is -1.98. The lowest BCUT2D eigenvalue weighted by Crippen LogP contribution is -2.47. The Bertz CT molecular complexity index is 222. The molecule has 0 heterocycles. The van der Waals surface area contributed by atoms with Crippen LogP contribution in [0.25, 0.3) is 0 Å². The van der Waals surface area contributed by atoms with Gasteiger partial charge in [0.1, 0.15) is 0 Å². The normalized spacial score (nSPS) is 13.4. The molecule has 6 nitrogen and oxygen atoms in total. The molecule has 0 aromatic carbocycles. The Hall–Kier alpha value is -1.30. The highest BCUT2D eigenvalue weighted by Gasteiger charge is 2.22. The van der Waals surface area contributed by atoms with Crippen molar-refractivity contribution >= 4 is 12.0 Å². The van der Waals surface area contributed by atoms with E-state index in [1.165, 1.54) is 0 Å². The maximum Gasteiger partial charge on any atom is 0.328 e. The Morgan fingerprint density at radius 2 is 2.00 bits per heavy atom. The molecule has 0 aromatic heterocycles. The molecule has 2 amide bonds. The summed E-state index contributed by atoms with van der Waals surface area (Å²) in [5.74, 6) is -1.17. The quantitative estimate of drug-likeness (QED) is 0.596. The van der Waals surface area contributed by atoms with Crippen molar-refractivity contribution in [2.24, 2.45) is 5.73 Å². The zero-order valence-electron chi connectivity index (χ0n) is 8.53. The van der Waals surface area contributed by atoms with Crippen molar-refractivity contribution in [2.45, 2.75) is 32.4 Å². The third-order valence-corrected chi connectivity index (χ3v) is 1.30. The van der Waals surface area contributed by atoms with Gasteiger partial charge in [-0.25, -0.2) is 9.59 Å². The summed E-state index contributed by atoms with van der Waals surface area (Å²) >= 11 is 0. The predicted octanol–water partition coefficient (Wildman–Crippen LogP) is -0.0770. The maximum atomic E-state index is 10.6. The van der Waals surface area contributed by atoms with Crippen molar-refractivity contribution in [1.29, 1.82) is 0 Å². The summed E-state index contributed by atoms with van der Waals surface area (Å²) in [5.41, 5.74) is 4.35. The van der Waals surface area contributed by atoms with E-state index in [1.54, 1.807) is 20.8 Å². The fourth-order valence-corrected chi connectivity index (χ4v) is 0.680. The Morgan fingerprint density at radius 3 is 2.29 bits per heavy atom. The topological polar surface area (TPSA) is 102 Å². The summed E-state index contributed by atoms with van der Waals surface area (Å²) in [6.45, 7) is 5.25. The van der Waals surface area contributed by atoms with Crippen LogP contribution in [0.2, 0.25) is 0 Å². The number of aliphatic carboxylic acids is 1. The van der Waals surface area contributed by atoms with Crippen molar-refractivity contribution in [3.8, 4) is 0 Å². The molecule has 0 saturated heterocycles. The van der Waals surface area contributed by atoms with Crippen molar-refractivity contribution in [3.05, 3.63) is 0 Å². The number of hydrogen-bond acceptors (Lipinski definition) is 3. The van der Waals surface area contributed by atoms with Crippen LogP contribution in [0.4, 0.5) is 4.79 Å². The molecule has 82 valence electrons. The van der Waals surface area contributed by atoms with E-state index in [1.807, 2.05) is 0 Å². The standard InChI is InChI=1S/C8H16N2O4/c1-8(2,3)14-4-5(6(11)12)10-7(9)13/h5H,4H2,1-3H3,(H,11,12)(H3,9,10,13)/t5-/m0/s1. The molecule has 6 heteroatoms. The number of primary amides is 1. The van der Waals surface area contributed by atoms with Crippen LogP contribution in [0, 0.1) is 0 Å². The summed E-state index contributed by atoms with van der Waals surface area (Å²) < 4.78 is 5.20.